The van der Waals surface area contributed by atoms with Gasteiger partial charge >= 0.3 is 0 Å². The van der Waals surface area contributed by atoms with E-state index in [9.17, 15) is 4.79 Å². The summed E-state index contributed by atoms with van der Waals surface area (Å²) >= 11 is 1.27. The number of nitrogens with one attached hydrogen (secondary N) is 1. The molecule has 2 aromatic rings. The number of carbonyl (C=O) groups excluding carboxylic acids is 1. The number of aryl methyl sites for hydroxylation is 1. The normalized spacial score (nSPS) is 9.79. The summed E-state index contributed by atoms with van der Waals surface area (Å²) in [6.45, 7) is 0.0318. The monoisotopic (exact) mass is 277 g/mol. The quantitative estimate of drug-likeness (QED) is 0.785. The lowest BCUT2D eigenvalue weighted by molar-refractivity contribution is 0.102. The first kappa shape index (κ1) is 13.2. The first-order valence-electron chi connectivity index (χ1n) is 5.44. The van der Waals surface area contributed by atoms with Crippen LogP contribution in [-0.4, -0.2) is 37.8 Å². The third-order valence-electron chi connectivity index (χ3n) is 2.01. The molecule has 0 radical (unpaired) electrons. The third kappa shape index (κ3) is 3.61. The zero-order valence-electron chi connectivity index (χ0n) is 10.1. The largest absolute Gasteiger partial charge is 0.395 e. The molecule has 0 saturated heterocycles. The van der Waals surface area contributed by atoms with Crippen LogP contribution in [0.25, 0.3) is 0 Å². The fourth-order valence-electron chi connectivity index (χ4n) is 1.23. The molecule has 0 unspecified atom stereocenters. The lowest BCUT2D eigenvalue weighted by atomic mass is 10.4. The second-order valence-corrected chi connectivity index (χ2v) is 4.58. The topological polar surface area (TPSA) is 92.9 Å². The van der Waals surface area contributed by atoms with Gasteiger partial charge in [-0.05, 0) is 17.3 Å². The molecule has 0 saturated carbocycles. The van der Waals surface area contributed by atoms with E-state index < -0.39 is 0 Å². The number of thiophene rings is 1. The summed E-state index contributed by atoms with van der Waals surface area (Å²) in [5, 5.41) is 22.3. The summed E-state index contributed by atoms with van der Waals surface area (Å²) in [6.07, 6.45) is 0.420. The zero-order chi connectivity index (χ0) is 13.7. The van der Waals surface area contributed by atoms with Crippen molar-refractivity contribution in [3.05, 3.63) is 21.9 Å². The van der Waals surface area contributed by atoms with Crippen LogP contribution < -0.4 is 5.32 Å². The van der Waals surface area contributed by atoms with Gasteiger partial charge in [-0.15, -0.1) is 16.4 Å². The van der Waals surface area contributed by atoms with Crippen molar-refractivity contribution in [3.63, 3.8) is 0 Å². The zero-order valence-corrected chi connectivity index (χ0v) is 10.9. The number of amides is 1. The molecule has 0 aromatic carbocycles. The Morgan fingerprint density at radius 1 is 1.58 bits per heavy atom. The van der Waals surface area contributed by atoms with Crippen LogP contribution in [0.2, 0.25) is 0 Å². The van der Waals surface area contributed by atoms with Gasteiger partial charge in [0.1, 0.15) is 0 Å². The Balaban J connectivity index is 2.02. The summed E-state index contributed by atoms with van der Waals surface area (Å²) < 4.78 is 0. The molecule has 0 bridgehead atoms. The fraction of sp³-hybridized carbons (Fsp3) is 0.273. The van der Waals surface area contributed by atoms with Crippen LogP contribution in [0.5, 0.6) is 0 Å². The predicted molar refractivity (Wildman–Crippen MR) is 69.7 cm³/mol. The maximum atomic E-state index is 11.9. The number of hydrogen-bond donors (Lipinski definition) is 2. The molecule has 0 aliphatic carbocycles. The van der Waals surface area contributed by atoms with Gasteiger partial charge in [0.05, 0.1) is 23.4 Å². The molecule has 8 heteroatoms. The van der Waals surface area contributed by atoms with Crippen LogP contribution in [0.3, 0.4) is 0 Å². The minimum Gasteiger partial charge on any atom is -0.395 e. The van der Waals surface area contributed by atoms with Gasteiger partial charge in [0.15, 0.2) is 0 Å². The van der Waals surface area contributed by atoms with Gasteiger partial charge in [0.2, 0.25) is 0 Å². The van der Waals surface area contributed by atoms with Gasteiger partial charge in [-0.25, -0.2) is 0 Å². The molecule has 2 N–H and O–H groups in total. The average Bonchev–Trinajstić information content (AvgIpc) is 2.99. The maximum absolute atomic E-state index is 11.9. The predicted octanol–water partition coefficient (Wildman–Crippen LogP) is 0.258. The van der Waals surface area contributed by atoms with Gasteiger partial charge in [-0.3, -0.25) is 10.1 Å². The van der Waals surface area contributed by atoms with E-state index in [0.717, 1.165) is 4.88 Å². The standard InChI is InChI=1S/C11H11N5O2S/c1-16-14-11(13-15-16)12-10(18)9-6-5-8(19-9)4-2-3-7-17/h5-6,17H,3,7H2,1H3,(H,12,14,18). The highest BCUT2D eigenvalue weighted by Gasteiger charge is 2.11. The summed E-state index contributed by atoms with van der Waals surface area (Å²) in [4.78, 5) is 14.4. The summed E-state index contributed by atoms with van der Waals surface area (Å²) in [5.74, 6) is 5.53. The van der Waals surface area contributed by atoms with Gasteiger partial charge < -0.3 is 5.11 Å². The first-order chi connectivity index (χ1) is 9.19. The molecule has 7 nitrogen and oxygen atoms in total. The third-order valence-corrected chi connectivity index (χ3v) is 3.01. The lowest BCUT2D eigenvalue weighted by Crippen LogP contribution is -2.11. The van der Waals surface area contributed by atoms with Crippen LogP contribution in [0.4, 0.5) is 5.95 Å². The summed E-state index contributed by atoms with van der Waals surface area (Å²) in [5.41, 5.74) is 0. The van der Waals surface area contributed by atoms with Crippen LogP contribution >= 0.6 is 11.3 Å². The molecule has 0 atom stereocenters. The maximum Gasteiger partial charge on any atom is 0.270 e. The molecule has 2 aromatic heterocycles. The lowest BCUT2D eigenvalue weighted by Gasteiger charge is -1.95. The smallest absolute Gasteiger partial charge is 0.270 e. The molecule has 1 amide bonds. The highest BCUT2D eigenvalue weighted by molar-refractivity contribution is 7.14. The number of hydrogen-bond acceptors (Lipinski definition) is 6. The molecule has 0 spiro atoms. The Hall–Kier alpha value is -2.24. The minimum atomic E-state index is -0.298. The molecule has 19 heavy (non-hydrogen) atoms. The van der Waals surface area contributed by atoms with E-state index in [1.54, 1.807) is 19.2 Å². The Morgan fingerprint density at radius 2 is 2.42 bits per heavy atom. The first-order valence-corrected chi connectivity index (χ1v) is 6.25. The highest BCUT2D eigenvalue weighted by Crippen LogP contribution is 2.16. The Bertz CT molecular complexity index is 637. The van der Waals surface area contributed by atoms with E-state index in [0.29, 0.717) is 11.3 Å². The molecular formula is C11H11N5O2S. The molecule has 0 fully saturated rings. The Labute approximate surface area is 113 Å². The minimum absolute atomic E-state index is 0.0318. The summed E-state index contributed by atoms with van der Waals surface area (Å²) in [7, 11) is 1.61. The SMILES string of the molecule is Cn1nnc(NC(=O)c2ccc(C#CCCO)s2)n1. The van der Waals surface area contributed by atoms with Gasteiger partial charge in [-0.2, -0.15) is 4.80 Å². The van der Waals surface area contributed by atoms with E-state index in [4.69, 9.17) is 5.11 Å². The number of nitrogens with zero attached hydrogens (tertiary/aromatic N) is 4. The van der Waals surface area contributed by atoms with Crippen molar-refractivity contribution in [2.75, 3.05) is 11.9 Å². The number of anilines is 1. The van der Waals surface area contributed by atoms with Gasteiger partial charge in [0, 0.05) is 6.42 Å². The van der Waals surface area contributed by atoms with Crippen LogP contribution in [0, 0.1) is 11.8 Å². The van der Waals surface area contributed by atoms with Crippen molar-refractivity contribution in [2.24, 2.45) is 7.05 Å². The molecule has 2 heterocycles. The molecule has 2 rings (SSSR count). The number of aliphatic hydroxyl groups is 1. The van der Waals surface area contributed by atoms with E-state index in [2.05, 4.69) is 32.6 Å². The van der Waals surface area contributed by atoms with Gasteiger partial charge in [-0.1, -0.05) is 16.9 Å². The van der Waals surface area contributed by atoms with E-state index >= 15 is 0 Å². The van der Waals surface area contributed by atoms with Crippen LogP contribution in [0.1, 0.15) is 21.0 Å². The van der Waals surface area contributed by atoms with Crippen molar-refractivity contribution < 1.29 is 9.90 Å². The summed E-state index contributed by atoms with van der Waals surface area (Å²) in [6, 6.07) is 3.44. The Morgan fingerprint density at radius 3 is 3.11 bits per heavy atom. The number of rotatable bonds is 3. The van der Waals surface area contributed by atoms with Crippen molar-refractivity contribution in [3.8, 4) is 11.8 Å². The van der Waals surface area contributed by atoms with Crippen LogP contribution in [0.15, 0.2) is 12.1 Å². The van der Waals surface area contributed by atoms with Crippen molar-refractivity contribution >= 4 is 23.2 Å². The van der Waals surface area contributed by atoms with E-state index in [-0.39, 0.29) is 18.5 Å². The van der Waals surface area contributed by atoms with Crippen LogP contribution in [-0.2, 0) is 7.05 Å². The second-order valence-electron chi connectivity index (χ2n) is 3.50. The van der Waals surface area contributed by atoms with Gasteiger partial charge in [0.25, 0.3) is 11.9 Å². The molecule has 0 aliphatic rings. The van der Waals surface area contributed by atoms with E-state index in [1.807, 2.05) is 0 Å². The molecular weight excluding hydrogens is 266 g/mol. The Kier molecular flexibility index (Phi) is 4.22. The van der Waals surface area contributed by atoms with Crippen molar-refractivity contribution in [2.45, 2.75) is 6.42 Å². The fourth-order valence-corrected chi connectivity index (χ4v) is 2.01. The number of aromatic nitrogens is 4. The average molecular weight is 277 g/mol. The number of aliphatic hydroxyl groups excluding tert-OH is 1. The van der Waals surface area contributed by atoms with E-state index in [1.165, 1.54) is 16.1 Å². The number of tetrazole rings is 1. The highest BCUT2D eigenvalue weighted by atomic mass is 32.1. The molecule has 0 aliphatic heterocycles. The van der Waals surface area contributed by atoms with Crippen molar-refractivity contribution in [1.29, 1.82) is 0 Å². The number of carbonyl (C=O) groups is 1. The second kappa shape index (κ2) is 6.08. The molecule has 98 valence electrons. The van der Waals surface area contributed by atoms with Crippen molar-refractivity contribution in [1.82, 2.24) is 20.2 Å².